The first-order valence-corrected chi connectivity index (χ1v) is 2.44. The van der Waals surface area contributed by atoms with Crippen LogP contribution in [0.2, 0.25) is 0 Å². The molecule has 2 heteroatoms. The fourth-order valence-corrected chi connectivity index (χ4v) is 0.202. The molecule has 0 heterocycles. The number of allylic oxidation sites excluding steroid dienone is 1. The SMILES string of the molecule is C=CC(C)(C)C=NO. The summed E-state index contributed by atoms with van der Waals surface area (Å²) in [5.41, 5.74) is -0.186. The third-order valence-electron chi connectivity index (χ3n) is 0.917. The van der Waals surface area contributed by atoms with Crippen molar-refractivity contribution in [3.8, 4) is 0 Å². The van der Waals surface area contributed by atoms with Crippen molar-refractivity contribution in [2.75, 3.05) is 0 Å². The van der Waals surface area contributed by atoms with E-state index < -0.39 is 0 Å². The second-order valence-electron chi connectivity index (χ2n) is 2.27. The van der Waals surface area contributed by atoms with Gasteiger partial charge in [0.2, 0.25) is 0 Å². The molecule has 8 heavy (non-hydrogen) atoms. The monoisotopic (exact) mass is 113 g/mol. The summed E-state index contributed by atoms with van der Waals surface area (Å²) in [6.07, 6.45) is 3.15. The highest BCUT2D eigenvalue weighted by molar-refractivity contribution is 5.66. The Kier molecular flexibility index (Phi) is 2.25. The normalized spacial score (nSPS) is 12.2. The van der Waals surface area contributed by atoms with Crippen molar-refractivity contribution >= 4 is 6.21 Å². The molecule has 0 aliphatic carbocycles. The van der Waals surface area contributed by atoms with E-state index in [1.165, 1.54) is 6.21 Å². The van der Waals surface area contributed by atoms with Gasteiger partial charge in [0.05, 0.1) is 6.21 Å². The molecule has 0 aromatic rings. The van der Waals surface area contributed by atoms with Crippen LogP contribution in [-0.2, 0) is 0 Å². The average molecular weight is 113 g/mol. The van der Waals surface area contributed by atoms with Gasteiger partial charge in [-0.05, 0) is 0 Å². The van der Waals surface area contributed by atoms with E-state index in [0.29, 0.717) is 0 Å². The summed E-state index contributed by atoms with van der Waals surface area (Å²) >= 11 is 0. The first-order chi connectivity index (χ1) is 3.62. The zero-order valence-electron chi connectivity index (χ0n) is 5.26. The second-order valence-corrected chi connectivity index (χ2v) is 2.27. The molecule has 0 radical (unpaired) electrons. The van der Waals surface area contributed by atoms with Crippen molar-refractivity contribution in [2.45, 2.75) is 13.8 Å². The van der Waals surface area contributed by atoms with Crippen molar-refractivity contribution in [3.05, 3.63) is 12.7 Å². The molecule has 0 bridgehead atoms. The van der Waals surface area contributed by atoms with E-state index in [0.717, 1.165) is 0 Å². The Morgan fingerprint density at radius 1 is 1.62 bits per heavy atom. The molecule has 0 amide bonds. The smallest absolute Gasteiger partial charge is 0.0529 e. The van der Waals surface area contributed by atoms with Gasteiger partial charge in [0.1, 0.15) is 0 Å². The van der Waals surface area contributed by atoms with Gasteiger partial charge in [-0.3, -0.25) is 0 Å². The summed E-state index contributed by atoms with van der Waals surface area (Å²) < 4.78 is 0. The van der Waals surface area contributed by atoms with E-state index in [1.54, 1.807) is 6.08 Å². The summed E-state index contributed by atoms with van der Waals surface area (Å²) in [5.74, 6) is 0. The third kappa shape index (κ3) is 2.39. The zero-order valence-corrected chi connectivity index (χ0v) is 5.26. The minimum Gasteiger partial charge on any atom is -0.411 e. The van der Waals surface area contributed by atoms with E-state index in [2.05, 4.69) is 11.7 Å². The lowest BCUT2D eigenvalue weighted by molar-refractivity contribution is 0.317. The predicted octanol–water partition coefficient (Wildman–Crippen LogP) is 1.66. The molecule has 0 fully saturated rings. The molecule has 1 N–H and O–H groups in total. The molecule has 0 aromatic carbocycles. The fourth-order valence-electron chi connectivity index (χ4n) is 0.202. The van der Waals surface area contributed by atoms with E-state index in [1.807, 2.05) is 13.8 Å². The Balaban J connectivity index is 3.90. The van der Waals surface area contributed by atoms with Crippen molar-refractivity contribution in [2.24, 2.45) is 10.6 Å². The minimum absolute atomic E-state index is 0.186. The topological polar surface area (TPSA) is 32.6 Å². The predicted molar refractivity (Wildman–Crippen MR) is 34.3 cm³/mol. The van der Waals surface area contributed by atoms with Crippen molar-refractivity contribution in [1.82, 2.24) is 0 Å². The van der Waals surface area contributed by atoms with Crippen LogP contribution in [0.25, 0.3) is 0 Å². The molecule has 0 spiro atoms. The summed E-state index contributed by atoms with van der Waals surface area (Å²) in [7, 11) is 0. The molecule has 0 rings (SSSR count). The fraction of sp³-hybridized carbons (Fsp3) is 0.500. The standard InChI is InChI=1S/C6H11NO/c1-4-6(2,3)5-7-8/h4-5,8H,1H2,2-3H3. The molecule has 0 unspecified atom stereocenters. The summed E-state index contributed by atoms with van der Waals surface area (Å²) in [5, 5.41) is 10.9. The number of nitrogens with zero attached hydrogens (tertiary/aromatic N) is 1. The highest BCUT2D eigenvalue weighted by Gasteiger charge is 2.07. The van der Waals surface area contributed by atoms with Crippen LogP contribution in [0.4, 0.5) is 0 Å². The second kappa shape index (κ2) is 2.50. The van der Waals surface area contributed by atoms with Crippen LogP contribution in [0.15, 0.2) is 17.8 Å². The van der Waals surface area contributed by atoms with Gasteiger partial charge in [0.25, 0.3) is 0 Å². The van der Waals surface area contributed by atoms with Crippen LogP contribution in [0.3, 0.4) is 0 Å². The Morgan fingerprint density at radius 2 is 2.12 bits per heavy atom. The average Bonchev–Trinajstić information content (AvgIpc) is 1.67. The van der Waals surface area contributed by atoms with Gasteiger partial charge in [0, 0.05) is 5.41 Å². The number of hydrogen-bond donors (Lipinski definition) is 1. The highest BCUT2D eigenvalue weighted by atomic mass is 16.4. The summed E-state index contributed by atoms with van der Waals surface area (Å²) in [6, 6.07) is 0. The molecule has 0 aromatic heterocycles. The number of oxime groups is 1. The van der Waals surface area contributed by atoms with E-state index in [9.17, 15) is 0 Å². The Morgan fingerprint density at radius 3 is 2.25 bits per heavy atom. The lowest BCUT2D eigenvalue weighted by Crippen LogP contribution is -2.07. The maximum Gasteiger partial charge on any atom is 0.0529 e. The Labute approximate surface area is 49.5 Å². The van der Waals surface area contributed by atoms with Gasteiger partial charge in [0.15, 0.2) is 0 Å². The summed E-state index contributed by atoms with van der Waals surface area (Å²) in [6.45, 7) is 7.35. The maximum absolute atomic E-state index is 8.05. The van der Waals surface area contributed by atoms with Gasteiger partial charge >= 0.3 is 0 Å². The van der Waals surface area contributed by atoms with Gasteiger partial charge in [-0.1, -0.05) is 19.9 Å². The van der Waals surface area contributed by atoms with Gasteiger partial charge in [-0.15, -0.1) is 11.7 Å². The molecule has 0 aliphatic heterocycles. The van der Waals surface area contributed by atoms with Gasteiger partial charge < -0.3 is 5.21 Å². The number of hydrogen-bond acceptors (Lipinski definition) is 2. The van der Waals surface area contributed by atoms with Gasteiger partial charge in [-0.2, -0.15) is 0 Å². The zero-order chi connectivity index (χ0) is 6.62. The quantitative estimate of drug-likeness (QED) is 0.251. The Hall–Kier alpha value is -0.790. The highest BCUT2D eigenvalue weighted by Crippen LogP contribution is 2.10. The molecular weight excluding hydrogens is 102 g/mol. The van der Waals surface area contributed by atoms with Crippen LogP contribution in [0.5, 0.6) is 0 Å². The van der Waals surface area contributed by atoms with Crippen LogP contribution in [0, 0.1) is 5.41 Å². The van der Waals surface area contributed by atoms with Crippen LogP contribution < -0.4 is 0 Å². The summed E-state index contributed by atoms with van der Waals surface area (Å²) in [4.78, 5) is 0. The third-order valence-corrected chi connectivity index (χ3v) is 0.917. The lowest BCUT2D eigenvalue weighted by atomic mass is 9.96. The first kappa shape index (κ1) is 7.21. The molecular formula is C6H11NO. The molecule has 0 aliphatic rings. The van der Waals surface area contributed by atoms with E-state index in [4.69, 9.17) is 5.21 Å². The largest absolute Gasteiger partial charge is 0.411 e. The van der Waals surface area contributed by atoms with Crippen LogP contribution in [0.1, 0.15) is 13.8 Å². The molecule has 0 saturated heterocycles. The van der Waals surface area contributed by atoms with Crippen LogP contribution >= 0.6 is 0 Å². The van der Waals surface area contributed by atoms with E-state index >= 15 is 0 Å². The van der Waals surface area contributed by atoms with Crippen molar-refractivity contribution < 1.29 is 5.21 Å². The molecule has 0 atom stereocenters. The minimum atomic E-state index is -0.186. The maximum atomic E-state index is 8.05. The van der Waals surface area contributed by atoms with Gasteiger partial charge in [-0.25, -0.2) is 0 Å². The molecule has 2 nitrogen and oxygen atoms in total. The van der Waals surface area contributed by atoms with Crippen molar-refractivity contribution in [1.29, 1.82) is 0 Å². The van der Waals surface area contributed by atoms with Crippen LogP contribution in [-0.4, -0.2) is 11.4 Å². The number of rotatable bonds is 2. The van der Waals surface area contributed by atoms with E-state index in [-0.39, 0.29) is 5.41 Å². The molecule has 46 valence electrons. The Bertz CT molecular complexity index is 105. The van der Waals surface area contributed by atoms with Crippen molar-refractivity contribution in [3.63, 3.8) is 0 Å². The first-order valence-electron chi connectivity index (χ1n) is 2.44. The molecule has 0 saturated carbocycles. The lowest BCUT2D eigenvalue weighted by Gasteiger charge is -2.09.